The van der Waals surface area contributed by atoms with E-state index in [2.05, 4.69) is 10.6 Å². The molecule has 1 aliphatic heterocycles. The van der Waals surface area contributed by atoms with Crippen molar-refractivity contribution in [3.05, 3.63) is 24.3 Å². The molecule has 4 N–H and O–H groups in total. The number of carbonyl (C=O) groups excluding carboxylic acids is 2. The van der Waals surface area contributed by atoms with E-state index >= 15 is 0 Å². The van der Waals surface area contributed by atoms with Crippen LogP contribution in [0.2, 0.25) is 0 Å². The summed E-state index contributed by atoms with van der Waals surface area (Å²) < 4.78 is 26.6. The van der Waals surface area contributed by atoms with Crippen LogP contribution in [0.1, 0.15) is 38.5 Å². The molecule has 1 aliphatic rings. The molecular weight excluding hydrogens is 356 g/mol. The second-order valence-electron chi connectivity index (χ2n) is 6.29. The molecule has 9 heteroatoms. The van der Waals surface area contributed by atoms with Crippen LogP contribution in [-0.2, 0) is 14.8 Å². The third-order valence-corrected chi connectivity index (χ3v) is 6.10. The molecule has 1 aromatic rings. The van der Waals surface area contributed by atoms with Crippen molar-refractivity contribution in [2.24, 2.45) is 5.73 Å². The zero-order chi connectivity index (χ0) is 19.0. The Balaban J connectivity index is 1.82. The van der Waals surface area contributed by atoms with Gasteiger partial charge in [-0.05, 0) is 43.9 Å². The fourth-order valence-electron chi connectivity index (χ4n) is 2.83. The van der Waals surface area contributed by atoms with Gasteiger partial charge in [0.15, 0.2) is 0 Å². The Labute approximate surface area is 154 Å². The van der Waals surface area contributed by atoms with E-state index in [1.807, 2.05) is 0 Å². The molecule has 1 fully saturated rings. The molecule has 1 saturated heterocycles. The highest BCUT2D eigenvalue weighted by atomic mass is 32.2. The number of unbranched alkanes of at least 4 members (excludes halogenated alkanes) is 2. The number of carbonyl (C=O) groups is 2. The Morgan fingerprint density at radius 1 is 1.12 bits per heavy atom. The molecule has 0 spiro atoms. The Morgan fingerprint density at radius 2 is 1.85 bits per heavy atom. The topological polar surface area (TPSA) is 122 Å². The van der Waals surface area contributed by atoms with Gasteiger partial charge in [0.05, 0.1) is 4.90 Å². The first-order valence-corrected chi connectivity index (χ1v) is 10.3. The van der Waals surface area contributed by atoms with Crippen LogP contribution in [0.25, 0.3) is 0 Å². The summed E-state index contributed by atoms with van der Waals surface area (Å²) >= 11 is 0. The molecule has 0 aromatic heterocycles. The van der Waals surface area contributed by atoms with E-state index in [0.717, 1.165) is 25.7 Å². The van der Waals surface area contributed by atoms with Gasteiger partial charge in [0.2, 0.25) is 15.9 Å². The maximum atomic E-state index is 12.6. The number of nitrogens with one attached hydrogen (secondary N) is 2. The first kappa shape index (κ1) is 20.2. The average Bonchev–Trinajstić information content (AvgIpc) is 3.13. The zero-order valence-corrected chi connectivity index (χ0v) is 15.6. The summed E-state index contributed by atoms with van der Waals surface area (Å²) in [5.74, 6) is -0.163. The number of sulfonamides is 1. The summed E-state index contributed by atoms with van der Waals surface area (Å²) in [5.41, 5.74) is 5.44. The van der Waals surface area contributed by atoms with Crippen molar-refractivity contribution in [3.8, 4) is 0 Å². The van der Waals surface area contributed by atoms with Crippen molar-refractivity contribution < 1.29 is 18.0 Å². The quantitative estimate of drug-likeness (QED) is 0.562. The second-order valence-corrected chi connectivity index (χ2v) is 8.23. The van der Waals surface area contributed by atoms with E-state index in [1.165, 1.54) is 10.4 Å². The van der Waals surface area contributed by atoms with E-state index in [9.17, 15) is 18.0 Å². The predicted octanol–water partition coefficient (Wildman–Crippen LogP) is 1.64. The summed E-state index contributed by atoms with van der Waals surface area (Å²) in [7, 11) is -3.49. The maximum Gasteiger partial charge on any atom is 0.312 e. The van der Waals surface area contributed by atoms with Gasteiger partial charge >= 0.3 is 6.03 Å². The molecule has 1 aromatic carbocycles. The minimum absolute atomic E-state index is 0.163. The summed E-state index contributed by atoms with van der Waals surface area (Å²) in [4.78, 5) is 22.7. The fourth-order valence-corrected chi connectivity index (χ4v) is 4.40. The Bertz CT molecular complexity index is 730. The Morgan fingerprint density at radius 3 is 2.54 bits per heavy atom. The lowest BCUT2D eigenvalue weighted by atomic mass is 10.2. The third-order valence-electron chi connectivity index (χ3n) is 4.20. The highest BCUT2D eigenvalue weighted by Crippen LogP contribution is 2.23. The van der Waals surface area contributed by atoms with E-state index in [1.54, 1.807) is 18.2 Å². The number of hydrogen-bond donors (Lipinski definition) is 3. The number of urea groups is 1. The lowest BCUT2D eigenvalue weighted by molar-refractivity contribution is -0.116. The molecule has 0 aliphatic carbocycles. The molecular formula is C17H26N4O4S. The molecule has 144 valence electrons. The lowest BCUT2D eigenvalue weighted by Crippen LogP contribution is -2.29. The van der Waals surface area contributed by atoms with Crippen molar-refractivity contribution in [2.45, 2.75) is 43.4 Å². The van der Waals surface area contributed by atoms with Gasteiger partial charge in [0, 0.05) is 31.7 Å². The van der Waals surface area contributed by atoms with Crippen LogP contribution in [0.15, 0.2) is 29.2 Å². The van der Waals surface area contributed by atoms with Crippen LogP contribution in [0.5, 0.6) is 0 Å². The summed E-state index contributed by atoms with van der Waals surface area (Å²) in [6, 6.07) is 5.81. The van der Waals surface area contributed by atoms with Crippen LogP contribution in [0.4, 0.5) is 10.5 Å². The van der Waals surface area contributed by atoms with E-state index in [4.69, 9.17) is 5.73 Å². The molecule has 0 bridgehead atoms. The zero-order valence-electron chi connectivity index (χ0n) is 14.7. The van der Waals surface area contributed by atoms with Crippen LogP contribution in [0, 0.1) is 0 Å². The minimum atomic E-state index is -3.49. The fraction of sp³-hybridized carbons (Fsp3) is 0.529. The summed E-state index contributed by atoms with van der Waals surface area (Å²) in [5, 5.41) is 5.24. The number of benzene rings is 1. The van der Waals surface area contributed by atoms with Gasteiger partial charge in [-0.2, -0.15) is 4.31 Å². The lowest BCUT2D eigenvalue weighted by Gasteiger charge is -2.16. The molecule has 3 amide bonds. The standard InChI is InChI=1S/C17H26N4O4S/c18-17(23)19-10-3-1-2-9-16(22)20-14-7-6-8-15(13-14)26(24,25)21-11-4-5-12-21/h6-8,13H,1-5,9-12H2,(H,20,22)(H3,18,19,23). The predicted molar refractivity (Wildman–Crippen MR) is 99.1 cm³/mol. The molecule has 26 heavy (non-hydrogen) atoms. The molecule has 2 rings (SSSR count). The normalized spacial score (nSPS) is 14.9. The van der Waals surface area contributed by atoms with E-state index in [0.29, 0.717) is 38.2 Å². The van der Waals surface area contributed by atoms with Crippen molar-refractivity contribution >= 4 is 27.6 Å². The van der Waals surface area contributed by atoms with Crippen molar-refractivity contribution in [3.63, 3.8) is 0 Å². The monoisotopic (exact) mass is 382 g/mol. The van der Waals surface area contributed by atoms with Crippen LogP contribution in [-0.4, -0.2) is 44.3 Å². The molecule has 1 heterocycles. The molecule has 0 atom stereocenters. The smallest absolute Gasteiger partial charge is 0.312 e. The van der Waals surface area contributed by atoms with Crippen molar-refractivity contribution in [2.75, 3.05) is 25.0 Å². The third kappa shape index (κ3) is 5.99. The Kier molecular flexibility index (Phi) is 7.40. The number of anilines is 1. The van der Waals surface area contributed by atoms with Gasteiger partial charge in [0.1, 0.15) is 0 Å². The van der Waals surface area contributed by atoms with Gasteiger partial charge in [-0.1, -0.05) is 12.5 Å². The minimum Gasteiger partial charge on any atom is -0.352 e. The molecule has 0 unspecified atom stereocenters. The summed E-state index contributed by atoms with van der Waals surface area (Å²) in [6.07, 6.45) is 4.31. The first-order chi connectivity index (χ1) is 12.4. The largest absolute Gasteiger partial charge is 0.352 e. The number of nitrogens with two attached hydrogens (primary N) is 1. The highest BCUT2D eigenvalue weighted by molar-refractivity contribution is 7.89. The first-order valence-electron chi connectivity index (χ1n) is 8.83. The molecule has 8 nitrogen and oxygen atoms in total. The average molecular weight is 382 g/mol. The van der Waals surface area contributed by atoms with E-state index < -0.39 is 16.1 Å². The van der Waals surface area contributed by atoms with Crippen molar-refractivity contribution in [1.82, 2.24) is 9.62 Å². The van der Waals surface area contributed by atoms with Gasteiger partial charge in [-0.15, -0.1) is 0 Å². The number of primary amides is 1. The van der Waals surface area contributed by atoms with Gasteiger partial charge < -0.3 is 16.4 Å². The number of rotatable bonds is 9. The highest BCUT2D eigenvalue weighted by Gasteiger charge is 2.27. The molecule has 0 saturated carbocycles. The number of hydrogen-bond acceptors (Lipinski definition) is 4. The van der Waals surface area contributed by atoms with Gasteiger partial charge in [-0.25, -0.2) is 13.2 Å². The number of nitrogens with zero attached hydrogens (tertiary/aromatic N) is 1. The maximum absolute atomic E-state index is 12.6. The van der Waals surface area contributed by atoms with Crippen LogP contribution in [0.3, 0.4) is 0 Å². The number of amides is 3. The second kappa shape index (κ2) is 9.54. The van der Waals surface area contributed by atoms with Gasteiger partial charge in [-0.3, -0.25) is 4.79 Å². The SMILES string of the molecule is NC(=O)NCCCCCC(=O)Nc1cccc(S(=O)(=O)N2CCCC2)c1. The summed E-state index contributed by atoms with van der Waals surface area (Å²) in [6.45, 7) is 1.58. The molecule has 0 radical (unpaired) electrons. The van der Waals surface area contributed by atoms with Crippen molar-refractivity contribution in [1.29, 1.82) is 0 Å². The Hall–Kier alpha value is -2.13. The van der Waals surface area contributed by atoms with Gasteiger partial charge in [0.25, 0.3) is 0 Å². The van der Waals surface area contributed by atoms with Crippen LogP contribution < -0.4 is 16.4 Å². The van der Waals surface area contributed by atoms with E-state index in [-0.39, 0.29) is 10.8 Å². The van der Waals surface area contributed by atoms with Crippen LogP contribution >= 0.6 is 0 Å².